The van der Waals surface area contributed by atoms with Gasteiger partial charge in [-0.2, -0.15) is 0 Å². The van der Waals surface area contributed by atoms with E-state index in [1.807, 2.05) is 12.2 Å². The molecule has 0 amide bonds. The number of allylic oxidation sites excluding steroid dienone is 1. The molecule has 0 radical (unpaired) electrons. The fourth-order valence-corrected chi connectivity index (χ4v) is 1.76. The van der Waals surface area contributed by atoms with Gasteiger partial charge < -0.3 is 9.47 Å². The predicted octanol–water partition coefficient (Wildman–Crippen LogP) is 0.420. The van der Waals surface area contributed by atoms with Crippen molar-refractivity contribution in [2.24, 2.45) is 5.92 Å². The molecule has 1 heterocycles. The normalized spacial score (nSPS) is 35.8. The molecule has 0 saturated carbocycles. The summed E-state index contributed by atoms with van der Waals surface area (Å²) in [4.78, 5) is 21.9. The van der Waals surface area contributed by atoms with Gasteiger partial charge in [-0.05, 0) is 12.5 Å². The van der Waals surface area contributed by atoms with Crippen LogP contribution in [-0.4, -0.2) is 24.1 Å². The van der Waals surface area contributed by atoms with Crippen LogP contribution in [-0.2, 0) is 19.1 Å². The van der Waals surface area contributed by atoms with Crippen LogP contribution in [0.5, 0.6) is 0 Å². The van der Waals surface area contributed by atoms with E-state index in [9.17, 15) is 9.59 Å². The Balaban J connectivity index is 2.10. The van der Waals surface area contributed by atoms with E-state index in [1.165, 1.54) is 6.92 Å². The van der Waals surface area contributed by atoms with E-state index >= 15 is 0 Å². The van der Waals surface area contributed by atoms with E-state index in [-0.39, 0.29) is 12.0 Å². The van der Waals surface area contributed by atoms with Gasteiger partial charge in [-0.25, -0.2) is 4.79 Å². The van der Waals surface area contributed by atoms with E-state index < -0.39 is 18.0 Å². The Hall–Kier alpha value is -1.32. The highest BCUT2D eigenvalue weighted by Gasteiger charge is 2.47. The molecule has 4 heteroatoms. The largest absolute Gasteiger partial charge is 0.455 e. The molecule has 1 aliphatic heterocycles. The molecule has 2 rings (SSSR count). The lowest BCUT2D eigenvalue weighted by molar-refractivity contribution is -0.160. The Kier molecular flexibility index (Phi) is 1.83. The Morgan fingerprint density at radius 3 is 3.15 bits per heavy atom. The average Bonchev–Trinajstić information content (AvgIpc) is 2.55. The van der Waals surface area contributed by atoms with Crippen molar-refractivity contribution in [1.29, 1.82) is 0 Å². The maximum atomic E-state index is 11.2. The third kappa shape index (κ3) is 1.32. The molecule has 2 aliphatic rings. The van der Waals surface area contributed by atoms with Crippen LogP contribution in [0.3, 0.4) is 0 Å². The summed E-state index contributed by atoms with van der Waals surface area (Å²) in [5, 5.41) is 0. The molecule has 0 aromatic rings. The van der Waals surface area contributed by atoms with Crippen molar-refractivity contribution >= 4 is 11.9 Å². The van der Waals surface area contributed by atoms with Crippen molar-refractivity contribution in [2.75, 3.05) is 0 Å². The van der Waals surface area contributed by atoms with Gasteiger partial charge >= 0.3 is 11.9 Å². The minimum atomic E-state index is -0.697. The number of hydrogen-bond acceptors (Lipinski definition) is 4. The van der Waals surface area contributed by atoms with Crippen LogP contribution in [0.25, 0.3) is 0 Å². The molecule has 1 saturated heterocycles. The van der Waals surface area contributed by atoms with Gasteiger partial charge in [-0.15, -0.1) is 0 Å². The maximum absolute atomic E-state index is 11.2. The van der Waals surface area contributed by atoms with Crippen molar-refractivity contribution in [2.45, 2.75) is 25.6 Å². The molecule has 0 unspecified atom stereocenters. The second-order valence-electron chi connectivity index (χ2n) is 3.26. The van der Waals surface area contributed by atoms with Crippen molar-refractivity contribution in [3.05, 3.63) is 12.2 Å². The first-order valence-electron chi connectivity index (χ1n) is 4.23. The predicted molar refractivity (Wildman–Crippen MR) is 42.7 cm³/mol. The summed E-state index contributed by atoms with van der Waals surface area (Å²) in [5.41, 5.74) is 0. The second-order valence-corrected chi connectivity index (χ2v) is 3.26. The number of rotatable bonds is 1. The Labute approximate surface area is 75.5 Å². The molecule has 0 aromatic carbocycles. The minimum Gasteiger partial charge on any atom is -0.455 e. The van der Waals surface area contributed by atoms with Gasteiger partial charge in [0.2, 0.25) is 6.10 Å². The van der Waals surface area contributed by atoms with Crippen LogP contribution in [0, 0.1) is 5.92 Å². The Morgan fingerprint density at radius 1 is 1.69 bits per heavy atom. The SMILES string of the molecule is CC(=O)O[C@@H]1C(=O)O[C@@H]2C=CC[C@H]12. The number of ether oxygens (including phenoxy) is 2. The van der Waals surface area contributed by atoms with Gasteiger partial charge in [-0.1, -0.05) is 6.08 Å². The van der Waals surface area contributed by atoms with E-state index in [0.717, 1.165) is 6.42 Å². The lowest BCUT2D eigenvalue weighted by Gasteiger charge is -2.12. The molecule has 0 spiro atoms. The quantitative estimate of drug-likeness (QED) is 0.435. The molecule has 3 atom stereocenters. The zero-order chi connectivity index (χ0) is 9.42. The summed E-state index contributed by atoms with van der Waals surface area (Å²) in [6.45, 7) is 1.29. The summed E-state index contributed by atoms with van der Waals surface area (Å²) in [5.74, 6) is -0.861. The van der Waals surface area contributed by atoms with Gasteiger partial charge in [0.1, 0.15) is 6.10 Å². The Morgan fingerprint density at radius 2 is 2.46 bits per heavy atom. The maximum Gasteiger partial charge on any atom is 0.348 e. The molecule has 0 aromatic heterocycles. The third-order valence-corrected chi connectivity index (χ3v) is 2.32. The third-order valence-electron chi connectivity index (χ3n) is 2.32. The molecule has 0 N–H and O–H groups in total. The summed E-state index contributed by atoms with van der Waals surface area (Å²) in [7, 11) is 0. The van der Waals surface area contributed by atoms with Crippen molar-refractivity contribution < 1.29 is 19.1 Å². The van der Waals surface area contributed by atoms with Crippen LogP contribution < -0.4 is 0 Å². The first-order valence-corrected chi connectivity index (χ1v) is 4.23. The number of carbonyl (C=O) groups excluding carboxylic acids is 2. The molecule has 1 fully saturated rings. The standard InChI is InChI=1S/C9H10O4/c1-5(10)12-8-6-3-2-4-7(6)13-9(8)11/h2,4,6-8H,3H2,1H3/t6-,7+,8-/m0/s1. The first kappa shape index (κ1) is 8.29. The van der Waals surface area contributed by atoms with Crippen LogP contribution >= 0.6 is 0 Å². The van der Waals surface area contributed by atoms with E-state index in [1.54, 1.807) is 0 Å². The van der Waals surface area contributed by atoms with Gasteiger partial charge in [-0.3, -0.25) is 4.79 Å². The zero-order valence-corrected chi connectivity index (χ0v) is 7.23. The van der Waals surface area contributed by atoms with Crippen molar-refractivity contribution in [3.8, 4) is 0 Å². The Bertz CT molecular complexity index is 281. The summed E-state index contributed by atoms with van der Waals surface area (Å²) < 4.78 is 9.88. The fraction of sp³-hybridized carbons (Fsp3) is 0.556. The summed E-state index contributed by atoms with van der Waals surface area (Å²) in [6.07, 6.45) is 3.65. The second kappa shape index (κ2) is 2.87. The van der Waals surface area contributed by atoms with E-state index in [4.69, 9.17) is 9.47 Å². The number of hydrogen-bond donors (Lipinski definition) is 0. The summed E-state index contributed by atoms with van der Waals surface area (Å²) in [6, 6.07) is 0. The van der Waals surface area contributed by atoms with Crippen molar-refractivity contribution in [1.82, 2.24) is 0 Å². The average molecular weight is 182 g/mol. The lowest BCUT2D eigenvalue weighted by atomic mass is 10.0. The highest BCUT2D eigenvalue weighted by Crippen LogP contribution is 2.33. The van der Waals surface area contributed by atoms with Crippen LogP contribution in [0.1, 0.15) is 13.3 Å². The molecular formula is C9H10O4. The summed E-state index contributed by atoms with van der Waals surface area (Å²) >= 11 is 0. The van der Waals surface area contributed by atoms with Gasteiger partial charge in [0.05, 0.1) is 5.92 Å². The van der Waals surface area contributed by atoms with Crippen LogP contribution in [0.2, 0.25) is 0 Å². The number of carbonyl (C=O) groups is 2. The highest BCUT2D eigenvalue weighted by atomic mass is 16.6. The number of fused-ring (bicyclic) bond motifs is 1. The fourth-order valence-electron chi connectivity index (χ4n) is 1.76. The van der Waals surface area contributed by atoms with Gasteiger partial charge in [0.15, 0.2) is 0 Å². The van der Waals surface area contributed by atoms with Gasteiger partial charge in [0.25, 0.3) is 0 Å². The molecule has 13 heavy (non-hydrogen) atoms. The van der Waals surface area contributed by atoms with Crippen molar-refractivity contribution in [3.63, 3.8) is 0 Å². The highest BCUT2D eigenvalue weighted by molar-refractivity contribution is 5.81. The monoisotopic (exact) mass is 182 g/mol. The minimum absolute atomic E-state index is 0.00333. The first-order chi connectivity index (χ1) is 6.18. The van der Waals surface area contributed by atoms with Gasteiger partial charge in [0, 0.05) is 6.92 Å². The zero-order valence-electron chi connectivity index (χ0n) is 7.23. The smallest absolute Gasteiger partial charge is 0.348 e. The lowest BCUT2D eigenvalue weighted by Crippen LogP contribution is -2.28. The van der Waals surface area contributed by atoms with Crippen LogP contribution in [0.4, 0.5) is 0 Å². The molecule has 70 valence electrons. The molecule has 1 aliphatic carbocycles. The van der Waals surface area contributed by atoms with E-state index in [0.29, 0.717) is 0 Å². The molecule has 0 bridgehead atoms. The topological polar surface area (TPSA) is 52.6 Å². The number of esters is 2. The van der Waals surface area contributed by atoms with Crippen LogP contribution in [0.15, 0.2) is 12.2 Å². The van der Waals surface area contributed by atoms with E-state index in [2.05, 4.69) is 0 Å². The molecular weight excluding hydrogens is 172 g/mol. The molecule has 4 nitrogen and oxygen atoms in total.